The zero-order valence-corrected chi connectivity index (χ0v) is 14.9. The van der Waals surface area contributed by atoms with E-state index in [1.165, 1.54) is 24.6 Å². The van der Waals surface area contributed by atoms with E-state index >= 15 is 0 Å². The molecule has 1 heterocycles. The van der Waals surface area contributed by atoms with Gasteiger partial charge in [-0.2, -0.15) is 0 Å². The van der Waals surface area contributed by atoms with Gasteiger partial charge in [-0.25, -0.2) is 4.68 Å². The van der Waals surface area contributed by atoms with E-state index in [2.05, 4.69) is 20.8 Å². The maximum atomic E-state index is 11.9. The topological polar surface area (TPSA) is 72.7 Å². The molecule has 0 radical (unpaired) electrons. The molecule has 1 fully saturated rings. The van der Waals surface area contributed by atoms with Crippen LogP contribution >= 0.6 is 23.4 Å². The Morgan fingerprint density at radius 2 is 2.21 bits per heavy atom. The fraction of sp³-hybridized carbons (Fsp3) is 0.500. The lowest BCUT2D eigenvalue weighted by Crippen LogP contribution is -2.24. The van der Waals surface area contributed by atoms with Gasteiger partial charge in [-0.15, -0.1) is 16.9 Å². The van der Waals surface area contributed by atoms with Gasteiger partial charge in [0.1, 0.15) is 0 Å². The molecule has 1 saturated carbocycles. The largest absolute Gasteiger partial charge is 0.351 e. The first-order valence-corrected chi connectivity index (χ1v) is 9.61. The molecule has 0 saturated heterocycles. The third-order valence-electron chi connectivity index (χ3n) is 4.07. The van der Waals surface area contributed by atoms with E-state index in [0.717, 1.165) is 24.2 Å². The smallest absolute Gasteiger partial charge is 0.230 e. The Morgan fingerprint density at radius 1 is 1.38 bits per heavy atom. The summed E-state index contributed by atoms with van der Waals surface area (Å²) in [6.45, 7) is 0.486. The molecule has 0 spiro atoms. The van der Waals surface area contributed by atoms with Crippen LogP contribution in [0.2, 0.25) is 5.02 Å². The normalized spacial score (nSPS) is 14.9. The van der Waals surface area contributed by atoms with Gasteiger partial charge >= 0.3 is 0 Å². The highest BCUT2D eigenvalue weighted by atomic mass is 35.5. The second kappa shape index (κ2) is 8.48. The number of nitrogens with one attached hydrogen (secondary N) is 1. The summed E-state index contributed by atoms with van der Waals surface area (Å²) < 4.78 is 1.93. The van der Waals surface area contributed by atoms with E-state index in [-0.39, 0.29) is 5.91 Å². The predicted octanol–water partition coefficient (Wildman–Crippen LogP) is 2.99. The van der Waals surface area contributed by atoms with Crippen LogP contribution in [-0.4, -0.2) is 31.9 Å². The van der Waals surface area contributed by atoms with Crippen LogP contribution in [0, 0.1) is 0 Å². The second-order valence-electron chi connectivity index (χ2n) is 5.88. The third kappa shape index (κ3) is 4.70. The molecule has 6 nitrogen and oxygen atoms in total. The van der Waals surface area contributed by atoms with Crippen molar-refractivity contribution in [3.8, 4) is 0 Å². The number of carbonyl (C=O) groups is 1. The minimum atomic E-state index is -0.000124. The number of hydrogen-bond donors (Lipinski definition) is 1. The minimum absolute atomic E-state index is 0.000124. The lowest BCUT2D eigenvalue weighted by atomic mass is 10.2. The maximum absolute atomic E-state index is 11.9. The molecule has 1 aromatic heterocycles. The highest BCUT2D eigenvalue weighted by molar-refractivity contribution is 7.99. The van der Waals surface area contributed by atoms with E-state index < -0.39 is 0 Å². The van der Waals surface area contributed by atoms with Crippen LogP contribution in [-0.2, 0) is 17.1 Å². The Bertz CT molecular complexity index is 687. The number of hydrogen-bond acceptors (Lipinski definition) is 5. The molecular formula is C16H20ClN5OS. The van der Waals surface area contributed by atoms with Crippen LogP contribution < -0.4 is 5.32 Å². The second-order valence-corrected chi connectivity index (χ2v) is 7.30. The van der Waals surface area contributed by atoms with Crippen LogP contribution in [0.5, 0.6) is 0 Å². The molecule has 2 aromatic rings. The molecule has 8 heteroatoms. The molecule has 128 valence electrons. The molecule has 1 aromatic carbocycles. The number of nitrogens with zero attached hydrogens (tertiary/aromatic N) is 4. The Hall–Kier alpha value is -1.60. The lowest BCUT2D eigenvalue weighted by Gasteiger charge is -2.11. The number of halogens is 1. The molecule has 1 aliphatic rings. The molecule has 3 rings (SSSR count). The average molecular weight is 366 g/mol. The van der Waals surface area contributed by atoms with Crippen LogP contribution in [0.3, 0.4) is 0 Å². The van der Waals surface area contributed by atoms with Gasteiger partial charge < -0.3 is 5.32 Å². The SMILES string of the molecule is O=C(CSCc1nnnn1C1CCCC1)NCc1cccc(Cl)c1. The quantitative estimate of drug-likeness (QED) is 0.816. The van der Waals surface area contributed by atoms with Crippen LogP contribution in [0.15, 0.2) is 24.3 Å². The Kier molecular flexibility index (Phi) is 6.09. The number of aromatic nitrogens is 4. The van der Waals surface area contributed by atoms with E-state index in [1.54, 1.807) is 0 Å². The summed E-state index contributed by atoms with van der Waals surface area (Å²) in [5.74, 6) is 1.89. The van der Waals surface area contributed by atoms with Gasteiger partial charge in [-0.1, -0.05) is 36.6 Å². The van der Waals surface area contributed by atoms with Gasteiger partial charge in [-0.05, 0) is 41.0 Å². The lowest BCUT2D eigenvalue weighted by molar-refractivity contribution is -0.118. The predicted molar refractivity (Wildman–Crippen MR) is 94.8 cm³/mol. The summed E-state index contributed by atoms with van der Waals surface area (Å²) in [4.78, 5) is 11.9. The molecule has 0 bridgehead atoms. The van der Waals surface area contributed by atoms with E-state index in [9.17, 15) is 4.79 Å². The molecule has 0 unspecified atom stereocenters. The first-order valence-electron chi connectivity index (χ1n) is 8.08. The Labute approximate surface area is 150 Å². The number of rotatable bonds is 7. The summed E-state index contributed by atoms with van der Waals surface area (Å²) in [7, 11) is 0. The standard InChI is InChI=1S/C16H20ClN5OS/c17-13-5-3-4-12(8-13)9-18-16(23)11-24-10-15-19-20-21-22(15)14-6-1-2-7-14/h3-5,8,14H,1-2,6-7,9-11H2,(H,18,23). The van der Waals surface area contributed by atoms with Gasteiger partial charge in [-0.3, -0.25) is 4.79 Å². The molecule has 1 aliphatic carbocycles. The number of thioether (sulfide) groups is 1. The van der Waals surface area contributed by atoms with Gasteiger partial charge in [0.05, 0.1) is 17.5 Å². The van der Waals surface area contributed by atoms with Crippen LogP contribution in [0.1, 0.15) is 43.1 Å². The van der Waals surface area contributed by atoms with Crippen LogP contribution in [0.25, 0.3) is 0 Å². The van der Waals surface area contributed by atoms with Crippen molar-refractivity contribution >= 4 is 29.3 Å². The number of tetrazole rings is 1. The Balaban J connectivity index is 1.41. The van der Waals surface area contributed by atoms with Crippen molar-refractivity contribution in [2.45, 2.75) is 44.0 Å². The molecular weight excluding hydrogens is 346 g/mol. The van der Waals surface area contributed by atoms with E-state index in [0.29, 0.717) is 29.1 Å². The highest BCUT2D eigenvalue weighted by Crippen LogP contribution is 2.29. The fourth-order valence-electron chi connectivity index (χ4n) is 2.87. The van der Waals surface area contributed by atoms with Gasteiger partial charge in [0, 0.05) is 11.6 Å². The molecule has 0 atom stereocenters. The summed E-state index contributed by atoms with van der Waals surface area (Å²) in [6.07, 6.45) is 4.76. The summed E-state index contributed by atoms with van der Waals surface area (Å²) in [5.41, 5.74) is 0.992. The molecule has 1 N–H and O–H groups in total. The van der Waals surface area contributed by atoms with Crippen molar-refractivity contribution in [2.24, 2.45) is 0 Å². The molecule has 0 aliphatic heterocycles. The van der Waals surface area contributed by atoms with Crippen molar-refractivity contribution in [2.75, 3.05) is 5.75 Å². The number of benzene rings is 1. The van der Waals surface area contributed by atoms with E-state index in [4.69, 9.17) is 11.6 Å². The maximum Gasteiger partial charge on any atom is 0.230 e. The monoisotopic (exact) mass is 365 g/mol. The molecule has 1 amide bonds. The summed E-state index contributed by atoms with van der Waals surface area (Å²) in [5, 5.41) is 15.6. The molecule has 24 heavy (non-hydrogen) atoms. The van der Waals surface area contributed by atoms with E-state index in [1.807, 2.05) is 28.9 Å². The van der Waals surface area contributed by atoms with Crippen molar-refractivity contribution in [1.29, 1.82) is 0 Å². The van der Waals surface area contributed by atoms with Crippen molar-refractivity contribution in [3.05, 3.63) is 40.7 Å². The Morgan fingerprint density at radius 3 is 3.00 bits per heavy atom. The van der Waals surface area contributed by atoms with Gasteiger partial charge in [0.25, 0.3) is 0 Å². The van der Waals surface area contributed by atoms with Gasteiger partial charge in [0.2, 0.25) is 5.91 Å². The van der Waals surface area contributed by atoms with Crippen molar-refractivity contribution in [1.82, 2.24) is 25.5 Å². The fourth-order valence-corrected chi connectivity index (χ4v) is 3.85. The zero-order chi connectivity index (χ0) is 16.8. The minimum Gasteiger partial charge on any atom is -0.351 e. The highest BCUT2D eigenvalue weighted by Gasteiger charge is 2.21. The van der Waals surface area contributed by atoms with Crippen molar-refractivity contribution in [3.63, 3.8) is 0 Å². The third-order valence-corrected chi connectivity index (χ3v) is 5.24. The zero-order valence-electron chi connectivity index (χ0n) is 13.3. The number of amides is 1. The first-order chi connectivity index (χ1) is 11.7. The first kappa shape index (κ1) is 17.2. The average Bonchev–Trinajstić information content (AvgIpc) is 3.24. The van der Waals surface area contributed by atoms with Crippen molar-refractivity contribution < 1.29 is 4.79 Å². The van der Waals surface area contributed by atoms with Crippen LogP contribution in [0.4, 0.5) is 0 Å². The number of carbonyl (C=O) groups excluding carboxylic acids is 1. The summed E-state index contributed by atoms with van der Waals surface area (Å²) >= 11 is 7.46. The summed E-state index contributed by atoms with van der Waals surface area (Å²) in [6, 6.07) is 7.91. The van der Waals surface area contributed by atoms with Gasteiger partial charge in [0.15, 0.2) is 5.82 Å².